The van der Waals surface area contributed by atoms with E-state index in [1.165, 1.54) is 17.3 Å². The molecular weight excluding hydrogens is 178 g/mol. The summed E-state index contributed by atoms with van der Waals surface area (Å²) in [5.74, 6) is 5.80. The third-order valence-electron chi connectivity index (χ3n) is 1.09. The second-order valence-corrected chi connectivity index (χ2v) is 3.66. The molecule has 0 saturated carbocycles. The predicted molar refractivity (Wildman–Crippen MR) is 51.4 cm³/mol. The molecule has 0 saturated heterocycles. The summed E-state index contributed by atoms with van der Waals surface area (Å²) in [5.41, 5.74) is 6.64. The van der Waals surface area contributed by atoms with Crippen molar-refractivity contribution in [2.75, 3.05) is 0 Å². The smallest absolute Gasteiger partial charge is 0.177 e. The van der Waals surface area contributed by atoms with Crippen LogP contribution in [0.15, 0.2) is 21.9 Å². The maximum absolute atomic E-state index is 5.38. The molecule has 0 atom stereocenters. The Hall–Kier alpha value is -0.680. The minimum absolute atomic E-state index is 0.427. The van der Waals surface area contributed by atoms with Crippen LogP contribution in [0.4, 0.5) is 0 Å². The van der Waals surface area contributed by atoms with E-state index < -0.39 is 0 Å². The summed E-state index contributed by atoms with van der Waals surface area (Å²) < 4.78 is 0. The third kappa shape index (κ3) is 2.81. The van der Waals surface area contributed by atoms with E-state index in [2.05, 4.69) is 16.5 Å². The number of hydrazone groups is 1. The van der Waals surface area contributed by atoms with Gasteiger partial charge in [0.2, 0.25) is 0 Å². The summed E-state index contributed by atoms with van der Waals surface area (Å²) in [6, 6.07) is 2.06. The summed E-state index contributed by atoms with van der Waals surface area (Å²) in [6.07, 6.45) is 0. The van der Waals surface area contributed by atoms with E-state index in [0.717, 1.165) is 5.75 Å². The third-order valence-corrected chi connectivity index (χ3v) is 2.70. The number of amidine groups is 1. The van der Waals surface area contributed by atoms with Crippen molar-refractivity contribution in [2.45, 2.75) is 5.75 Å². The van der Waals surface area contributed by atoms with E-state index >= 15 is 0 Å². The summed E-state index contributed by atoms with van der Waals surface area (Å²) >= 11 is 3.12. The van der Waals surface area contributed by atoms with E-state index in [0.29, 0.717) is 5.17 Å². The molecule has 0 spiro atoms. The summed E-state index contributed by atoms with van der Waals surface area (Å²) in [5, 5.41) is 7.89. The van der Waals surface area contributed by atoms with Crippen LogP contribution in [0.25, 0.3) is 0 Å². The Labute approximate surface area is 73.5 Å². The van der Waals surface area contributed by atoms with Gasteiger partial charge in [-0.25, -0.2) is 0 Å². The van der Waals surface area contributed by atoms with Crippen molar-refractivity contribution < 1.29 is 0 Å². The van der Waals surface area contributed by atoms with Gasteiger partial charge in [-0.15, -0.1) is 0 Å². The first-order valence-corrected chi connectivity index (χ1v) is 4.93. The highest BCUT2D eigenvalue weighted by Gasteiger charge is 1.95. The first-order valence-electron chi connectivity index (χ1n) is 3.00. The summed E-state index contributed by atoms with van der Waals surface area (Å²) in [7, 11) is 0. The van der Waals surface area contributed by atoms with E-state index in [4.69, 9.17) is 11.6 Å². The number of hydrogen-bond acceptors (Lipinski definition) is 4. The molecule has 0 fully saturated rings. The van der Waals surface area contributed by atoms with Gasteiger partial charge in [0.1, 0.15) is 0 Å². The Bertz CT molecular complexity index is 230. The normalized spacial score (nSPS) is 11.8. The topological polar surface area (TPSA) is 64.4 Å². The number of nitrogens with two attached hydrogens (primary N) is 2. The minimum atomic E-state index is 0.427. The van der Waals surface area contributed by atoms with Gasteiger partial charge in [0, 0.05) is 5.75 Å². The predicted octanol–water partition coefficient (Wildman–Crippen LogP) is 1.17. The van der Waals surface area contributed by atoms with Crippen LogP contribution in [0.3, 0.4) is 0 Å². The highest BCUT2D eigenvalue weighted by atomic mass is 32.2. The van der Waals surface area contributed by atoms with Crippen LogP contribution in [0.5, 0.6) is 0 Å². The number of thioether (sulfide) groups is 1. The van der Waals surface area contributed by atoms with Crippen molar-refractivity contribution in [1.29, 1.82) is 0 Å². The SMILES string of the molecule is NN=C(N)SCc1ccsc1. The highest BCUT2D eigenvalue weighted by molar-refractivity contribution is 8.13. The molecule has 4 N–H and O–H groups in total. The average Bonchev–Trinajstić information content (AvgIpc) is 2.52. The van der Waals surface area contributed by atoms with Crippen LogP contribution in [-0.4, -0.2) is 5.17 Å². The van der Waals surface area contributed by atoms with Crippen molar-refractivity contribution in [1.82, 2.24) is 0 Å². The van der Waals surface area contributed by atoms with Crippen LogP contribution in [0, 0.1) is 0 Å². The Morgan fingerprint density at radius 2 is 2.55 bits per heavy atom. The molecule has 0 unspecified atom stereocenters. The van der Waals surface area contributed by atoms with Crippen LogP contribution in [-0.2, 0) is 5.75 Å². The van der Waals surface area contributed by atoms with Crippen molar-refractivity contribution in [3.63, 3.8) is 0 Å². The number of nitrogens with zero attached hydrogens (tertiary/aromatic N) is 1. The van der Waals surface area contributed by atoms with Gasteiger partial charge >= 0.3 is 0 Å². The van der Waals surface area contributed by atoms with Crippen molar-refractivity contribution in [2.24, 2.45) is 16.7 Å². The zero-order chi connectivity index (χ0) is 8.10. The average molecular weight is 187 g/mol. The quantitative estimate of drug-likeness (QED) is 0.316. The Kier molecular flexibility index (Phi) is 3.25. The van der Waals surface area contributed by atoms with Gasteiger partial charge in [-0.2, -0.15) is 16.4 Å². The first kappa shape index (κ1) is 8.42. The monoisotopic (exact) mass is 187 g/mol. The second kappa shape index (κ2) is 4.25. The first-order chi connectivity index (χ1) is 5.33. The summed E-state index contributed by atoms with van der Waals surface area (Å²) in [4.78, 5) is 0. The molecule has 60 valence electrons. The second-order valence-electron chi connectivity index (χ2n) is 1.89. The maximum Gasteiger partial charge on any atom is 0.177 e. The van der Waals surface area contributed by atoms with Crippen molar-refractivity contribution in [3.8, 4) is 0 Å². The van der Waals surface area contributed by atoms with Gasteiger partial charge in [-0.3, -0.25) is 0 Å². The molecule has 0 bridgehead atoms. The molecule has 0 aliphatic carbocycles. The fraction of sp³-hybridized carbons (Fsp3) is 0.167. The molecule has 1 aromatic heterocycles. The summed E-state index contributed by atoms with van der Waals surface area (Å²) in [6.45, 7) is 0. The van der Waals surface area contributed by atoms with Crippen LogP contribution >= 0.6 is 23.1 Å². The lowest BCUT2D eigenvalue weighted by molar-refractivity contribution is 1.25. The van der Waals surface area contributed by atoms with Crippen LogP contribution in [0.1, 0.15) is 5.56 Å². The van der Waals surface area contributed by atoms with Gasteiger partial charge in [0.05, 0.1) is 0 Å². The van der Waals surface area contributed by atoms with E-state index in [1.807, 2.05) is 5.38 Å². The van der Waals surface area contributed by atoms with E-state index in [1.54, 1.807) is 11.3 Å². The molecular formula is C6H9N3S2. The largest absolute Gasteiger partial charge is 0.377 e. The molecule has 5 heteroatoms. The van der Waals surface area contributed by atoms with Crippen LogP contribution < -0.4 is 11.6 Å². The number of hydrogen-bond donors (Lipinski definition) is 2. The Morgan fingerprint density at radius 3 is 3.09 bits per heavy atom. The van der Waals surface area contributed by atoms with Crippen molar-refractivity contribution in [3.05, 3.63) is 22.4 Å². The number of rotatable bonds is 2. The fourth-order valence-electron chi connectivity index (χ4n) is 0.569. The van der Waals surface area contributed by atoms with Gasteiger partial charge in [-0.05, 0) is 22.4 Å². The van der Waals surface area contributed by atoms with Gasteiger partial charge < -0.3 is 11.6 Å². The molecule has 3 nitrogen and oxygen atoms in total. The van der Waals surface area contributed by atoms with E-state index in [-0.39, 0.29) is 0 Å². The van der Waals surface area contributed by atoms with E-state index in [9.17, 15) is 0 Å². The lowest BCUT2D eigenvalue weighted by Crippen LogP contribution is -2.09. The molecule has 11 heavy (non-hydrogen) atoms. The Morgan fingerprint density at radius 1 is 1.73 bits per heavy atom. The van der Waals surface area contributed by atoms with Gasteiger partial charge in [-0.1, -0.05) is 11.8 Å². The minimum Gasteiger partial charge on any atom is -0.377 e. The molecule has 0 amide bonds. The fourth-order valence-corrected chi connectivity index (χ4v) is 1.91. The molecule has 0 aromatic carbocycles. The lowest BCUT2D eigenvalue weighted by Gasteiger charge is -1.95. The van der Waals surface area contributed by atoms with Gasteiger partial charge in [0.15, 0.2) is 5.17 Å². The highest BCUT2D eigenvalue weighted by Crippen LogP contribution is 2.14. The molecule has 1 rings (SSSR count). The number of thiophene rings is 1. The Balaban J connectivity index is 2.35. The molecule has 0 aliphatic rings. The zero-order valence-corrected chi connectivity index (χ0v) is 7.49. The molecule has 1 heterocycles. The molecule has 0 aliphatic heterocycles. The zero-order valence-electron chi connectivity index (χ0n) is 5.86. The molecule has 0 radical (unpaired) electrons. The van der Waals surface area contributed by atoms with Gasteiger partial charge in [0.25, 0.3) is 0 Å². The van der Waals surface area contributed by atoms with Crippen molar-refractivity contribution >= 4 is 28.3 Å². The molecule has 1 aromatic rings. The maximum atomic E-state index is 5.38. The standard InChI is InChI=1S/C6H9N3S2/c7-6(9-8)11-4-5-1-2-10-3-5/h1-3H,4,8H2,(H2,7,9). The lowest BCUT2D eigenvalue weighted by atomic mass is 10.4. The van der Waals surface area contributed by atoms with Crippen LogP contribution in [0.2, 0.25) is 0 Å².